The summed E-state index contributed by atoms with van der Waals surface area (Å²) in [5.41, 5.74) is 2.30. The second-order valence-corrected chi connectivity index (χ2v) is 9.05. The maximum absolute atomic E-state index is 11.9. The average molecular weight is 430 g/mol. The van der Waals surface area contributed by atoms with Crippen molar-refractivity contribution in [3.8, 4) is 5.75 Å². The lowest BCUT2D eigenvalue weighted by atomic mass is 9.86. The number of unbranched alkanes of at least 4 members (excludes halogenated alkanes) is 2. The quantitative estimate of drug-likeness (QED) is 0.343. The molecule has 2 aliphatic rings. The van der Waals surface area contributed by atoms with Crippen LogP contribution in [0.1, 0.15) is 82.3 Å². The van der Waals surface area contributed by atoms with E-state index >= 15 is 0 Å². The van der Waals surface area contributed by atoms with E-state index in [4.69, 9.17) is 4.74 Å². The summed E-state index contributed by atoms with van der Waals surface area (Å²) in [6.45, 7) is 4.94. The molecule has 31 heavy (non-hydrogen) atoms. The van der Waals surface area contributed by atoms with E-state index in [1.54, 1.807) is 0 Å². The van der Waals surface area contributed by atoms with Gasteiger partial charge in [0.05, 0.1) is 12.2 Å². The molecule has 1 heterocycles. The van der Waals surface area contributed by atoms with E-state index in [0.29, 0.717) is 12.8 Å². The second kappa shape index (κ2) is 11.7. The molecule has 0 bridgehead atoms. The van der Waals surface area contributed by atoms with Gasteiger partial charge in [0.25, 0.3) is 0 Å². The third-order valence-electron chi connectivity index (χ3n) is 6.57. The molecule has 0 aromatic heterocycles. The van der Waals surface area contributed by atoms with E-state index in [-0.39, 0.29) is 23.8 Å². The third-order valence-corrected chi connectivity index (χ3v) is 6.57. The normalized spacial score (nSPS) is 25.3. The highest BCUT2D eigenvalue weighted by atomic mass is 16.5. The highest BCUT2D eigenvalue weighted by Gasteiger charge is 2.48. The number of carbonyl (C=O) groups excluding carboxylic acids is 1. The van der Waals surface area contributed by atoms with Crippen molar-refractivity contribution in [2.45, 2.75) is 95.9 Å². The monoisotopic (exact) mass is 429 g/mol. The lowest BCUT2D eigenvalue weighted by Crippen LogP contribution is -2.23. The Morgan fingerprint density at radius 2 is 2.10 bits per heavy atom. The Hall–Kier alpha value is -1.85. The number of nitrogens with one attached hydrogen (secondary N) is 1. The number of carbonyl (C=O) groups is 1. The zero-order valence-corrected chi connectivity index (χ0v) is 19.1. The molecular formula is C26H39NO4. The fourth-order valence-corrected chi connectivity index (χ4v) is 4.91. The van der Waals surface area contributed by atoms with Crippen molar-refractivity contribution in [1.29, 1.82) is 0 Å². The molecule has 1 fully saturated rings. The van der Waals surface area contributed by atoms with Crippen molar-refractivity contribution >= 4 is 5.91 Å². The van der Waals surface area contributed by atoms with E-state index < -0.39 is 12.2 Å². The van der Waals surface area contributed by atoms with Gasteiger partial charge in [-0.25, -0.2) is 0 Å². The van der Waals surface area contributed by atoms with Crippen molar-refractivity contribution in [3.05, 3.63) is 41.5 Å². The first-order valence-electron chi connectivity index (χ1n) is 12.1. The van der Waals surface area contributed by atoms with Crippen molar-refractivity contribution in [3.63, 3.8) is 0 Å². The lowest BCUT2D eigenvalue weighted by Gasteiger charge is -2.18. The van der Waals surface area contributed by atoms with Gasteiger partial charge in [-0.3, -0.25) is 4.79 Å². The van der Waals surface area contributed by atoms with Crippen LogP contribution in [-0.2, 0) is 11.2 Å². The number of aryl methyl sites for hydroxylation is 1. The van der Waals surface area contributed by atoms with Gasteiger partial charge in [-0.15, -0.1) is 0 Å². The SMILES string of the molecule is CCCCC[C@H](O)/C=C/[C@@H]1[C@H]2c3cccc(CCCC(=O)NCCC)c3O[C@H]2C[C@H]1O. The summed E-state index contributed by atoms with van der Waals surface area (Å²) >= 11 is 0. The van der Waals surface area contributed by atoms with Crippen LogP contribution in [0.15, 0.2) is 30.4 Å². The molecule has 1 saturated carbocycles. The van der Waals surface area contributed by atoms with Gasteiger partial charge < -0.3 is 20.3 Å². The summed E-state index contributed by atoms with van der Waals surface area (Å²) in [6.07, 6.45) is 10.7. The van der Waals surface area contributed by atoms with Crippen LogP contribution in [0.3, 0.4) is 0 Å². The van der Waals surface area contributed by atoms with E-state index in [9.17, 15) is 15.0 Å². The van der Waals surface area contributed by atoms with Crippen molar-refractivity contribution in [2.75, 3.05) is 6.54 Å². The number of aliphatic hydroxyl groups is 2. The molecule has 5 nitrogen and oxygen atoms in total. The molecule has 3 rings (SSSR count). The molecule has 5 heteroatoms. The maximum Gasteiger partial charge on any atom is 0.220 e. The van der Waals surface area contributed by atoms with Gasteiger partial charge in [-0.1, -0.05) is 63.5 Å². The van der Waals surface area contributed by atoms with Crippen LogP contribution in [0.2, 0.25) is 0 Å². The van der Waals surface area contributed by atoms with Crippen LogP contribution in [0.4, 0.5) is 0 Å². The minimum absolute atomic E-state index is 0.0223. The molecule has 1 aliphatic heterocycles. The van der Waals surface area contributed by atoms with Gasteiger partial charge >= 0.3 is 0 Å². The molecule has 1 amide bonds. The van der Waals surface area contributed by atoms with E-state index in [1.165, 1.54) is 0 Å². The summed E-state index contributed by atoms with van der Waals surface area (Å²) < 4.78 is 6.31. The number of aliphatic hydroxyl groups excluding tert-OH is 2. The number of hydrogen-bond acceptors (Lipinski definition) is 4. The summed E-state index contributed by atoms with van der Waals surface area (Å²) in [6, 6.07) is 6.25. The first-order valence-corrected chi connectivity index (χ1v) is 12.1. The van der Waals surface area contributed by atoms with Crippen LogP contribution in [0.5, 0.6) is 5.75 Å². The highest BCUT2D eigenvalue weighted by molar-refractivity contribution is 5.75. The summed E-state index contributed by atoms with van der Waals surface area (Å²) in [7, 11) is 0. The molecule has 5 atom stereocenters. The molecular weight excluding hydrogens is 390 g/mol. The van der Waals surface area contributed by atoms with Gasteiger partial charge in [0.2, 0.25) is 5.91 Å². The van der Waals surface area contributed by atoms with Crippen LogP contribution in [0, 0.1) is 5.92 Å². The fraction of sp³-hybridized carbons (Fsp3) is 0.654. The number of amides is 1. The summed E-state index contributed by atoms with van der Waals surface area (Å²) in [4.78, 5) is 11.9. The van der Waals surface area contributed by atoms with Crippen LogP contribution < -0.4 is 10.1 Å². The Kier molecular flexibility index (Phi) is 8.97. The Bertz CT molecular complexity index is 747. The number of hydrogen-bond donors (Lipinski definition) is 3. The van der Waals surface area contributed by atoms with Crippen molar-refractivity contribution < 1.29 is 19.7 Å². The molecule has 0 radical (unpaired) electrons. The number of benzene rings is 1. The minimum atomic E-state index is -0.454. The zero-order valence-electron chi connectivity index (χ0n) is 19.1. The molecule has 3 N–H and O–H groups in total. The van der Waals surface area contributed by atoms with Gasteiger partial charge in [0.15, 0.2) is 0 Å². The van der Waals surface area contributed by atoms with Crippen LogP contribution >= 0.6 is 0 Å². The first kappa shape index (κ1) is 23.8. The smallest absolute Gasteiger partial charge is 0.220 e. The molecule has 1 aromatic carbocycles. The van der Waals surface area contributed by atoms with E-state index in [1.807, 2.05) is 19.1 Å². The Labute approximate surface area is 186 Å². The summed E-state index contributed by atoms with van der Waals surface area (Å²) in [5, 5.41) is 23.8. The summed E-state index contributed by atoms with van der Waals surface area (Å²) in [5.74, 6) is 1.14. The predicted molar refractivity (Wildman–Crippen MR) is 123 cm³/mol. The largest absolute Gasteiger partial charge is 0.489 e. The van der Waals surface area contributed by atoms with Crippen LogP contribution in [-0.4, -0.2) is 41.0 Å². The maximum atomic E-state index is 11.9. The first-order chi connectivity index (χ1) is 15.0. The van der Waals surface area contributed by atoms with Gasteiger partial charge in [0, 0.05) is 36.8 Å². The number of rotatable bonds is 12. The van der Waals surface area contributed by atoms with Crippen LogP contribution in [0.25, 0.3) is 0 Å². The van der Waals surface area contributed by atoms with Gasteiger partial charge in [-0.05, 0) is 31.2 Å². The van der Waals surface area contributed by atoms with Gasteiger partial charge in [0.1, 0.15) is 11.9 Å². The van der Waals surface area contributed by atoms with E-state index in [2.05, 4.69) is 30.4 Å². The number of fused-ring (bicyclic) bond motifs is 3. The second-order valence-electron chi connectivity index (χ2n) is 9.05. The molecule has 172 valence electrons. The van der Waals surface area contributed by atoms with Crippen molar-refractivity contribution in [1.82, 2.24) is 5.32 Å². The molecule has 0 saturated heterocycles. The standard InChI is InChI=1S/C26H39NO4/c1-3-5-6-11-19(28)14-15-20-22(29)17-23-25(20)21-12-7-9-18(26(21)31-23)10-8-13-24(30)27-16-4-2/h7,9,12,14-15,19-20,22-23,25,28-29H,3-6,8,10-11,13,16-17H2,1-2H3,(H,27,30)/b15-14+/t19-,20-,22+,23-,25-/m0/s1. The predicted octanol–water partition coefficient (Wildman–Crippen LogP) is 4.26. The van der Waals surface area contributed by atoms with Crippen molar-refractivity contribution in [2.24, 2.45) is 5.92 Å². The minimum Gasteiger partial charge on any atom is -0.489 e. The Morgan fingerprint density at radius 1 is 1.26 bits per heavy atom. The number of ether oxygens (including phenoxy) is 1. The lowest BCUT2D eigenvalue weighted by molar-refractivity contribution is -0.121. The average Bonchev–Trinajstić information content (AvgIpc) is 3.26. The highest BCUT2D eigenvalue weighted by Crippen LogP contribution is 2.52. The Morgan fingerprint density at radius 3 is 2.87 bits per heavy atom. The number of para-hydroxylation sites is 1. The third kappa shape index (κ3) is 6.11. The van der Waals surface area contributed by atoms with E-state index in [0.717, 1.165) is 68.4 Å². The Balaban J connectivity index is 1.63. The van der Waals surface area contributed by atoms with Gasteiger partial charge in [-0.2, -0.15) is 0 Å². The zero-order chi connectivity index (χ0) is 22.2. The fourth-order valence-electron chi connectivity index (χ4n) is 4.91. The molecule has 0 spiro atoms. The molecule has 1 aromatic rings. The molecule has 0 unspecified atom stereocenters. The topological polar surface area (TPSA) is 78.8 Å². The molecule has 1 aliphatic carbocycles.